The minimum Gasteiger partial charge on any atom is -0.208 e. The van der Waals surface area contributed by atoms with Crippen molar-refractivity contribution in [1.82, 2.24) is 15.0 Å². The van der Waals surface area contributed by atoms with Crippen molar-refractivity contribution in [1.29, 1.82) is 0 Å². The lowest BCUT2D eigenvalue weighted by molar-refractivity contribution is 1.08. The van der Waals surface area contributed by atoms with Gasteiger partial charge in [-0.1, -0.05) is 133 Å². The van der Waals surface area contributed by atoms with Gasteiger partial charge in [0.15, 0.2) is 17.5 Å². The van der Waals surface area contributed by atoms with Gasteiger partial charge in [-0.3, -0.25) is 0 Å². The molecule has 5 heteroatoms. The standard InChI is InChI=1S/C41H25N3S2/c1-3-7-26(8-4-1)28-11-15-31(16-12-28)39-42-40(32-17-13-29(14-18-32)27-9-5-2-6-10-27)44-41(43-39)36-25-33-20-22-34-35(38(33)46-36)21-19-30-23-24-45-37(30)34/h1-25H. The van der Waals surface area contributed by atoms with Crippen LogP contribution in [0.4, 0.5) is 0 Å². The quantitative estimate of drug-likeness (QED) is 0.191. The molecule has 0 N–H and O–H groups in total. The van der Waals surface area contributed by atoms with E-state index in [0.29, 0.717) is 17.5 Å². The fourth-order valence-electron chi connectivity index (χ4n) is 6.07. The van der Waals surface area contributed by atoms with Gasteiger partial charge < -0.3 is 0 Å². The van der Waals surface area contributed by atoms with E-state index >= 15 is 0 Å². The Kier molecular flexibility index (Phi) is 6.51. The molecule has 0 amide bonds. The zero-order valence-electron chi connectivity index (χ0n) is 24.6. The van der Waals surface area contributed by atoms with E-state index < -0.39 is 0 Å². The first kappa shape index (κ1) is 26.9. The third-order valence-electron chi connectivity index (χ3n) is 8.45. The SMILES string of the molecule is c1ccc(-c2ccc(-c3nc(-c4ccc(-c5ccccc5)cc4)nc(-c4cc5ccc6c(ccc7ccsc76)c5s4)n3)cc2)cc1. The maximum absolute atomic E-state index is 5.07. The van der Waals surface area contributed by atoms with Crippen molar-refractivity contribution >= 4 is 53.6 Å². The summed E-state index contributed by atoms with van der Waals surface area (Å²) in [6.07, 6.45) is 0. The Hall–Kier alpha value is -5.49. The second-order valence-electron chi connectivity index (χ2n) is 11.3. The summed E-state index contributed by atoms with van der Waals surface area (Å²) in [6.45, 7) is 0. The van der Waals surface area contributed by atoms with Crippen molar-refractivity contribution in [2.24, 2.45) is 0 Å². The first-order valence-corrected chi connectivity index (χ1v) is 16.9. The van der Waals surface area contributed by atoms with Gasteiger partial charge >= 0.3 is 0 Å². The van der Waals surface area contributed by atoms with Crippen LogP contribution in [0, 0.1) is 0 Å². The van der Waals surface area contributed by atoms with Crippen molar-refractivity contribution in [3.05, 3.63) is 151 Å². The van der Waals surface area contributed by atoms with Crippen molar-refractivity contribution in [3.63, 3.8) is 0 Å². The molecule has 0 aliphatic rings. The number of nitrogens with zero attached hydrogens (tertiary/aromatic N) is 3. The molecular weight excluding hydrogens is 599 g/mol. The molecule has 3 aromatic heterocycles. The van der Waals surface area contributed by atoms with Crippen LogP contribution in [0.3, 0.4) is 0 Å². The molecule has 0 spiro atoms. The predicted octanol–water partition coefficient (Wildman–Crippen LogP) is 11.8. The zero-order valence-corrected chi connectivity index (χ0v) is 26.2. The predicted molar refractivity (Wildman–Crippen MR) is 195 cm³/mol. The highest BCUT2D eigenvalue weighted by molar-refractivity contribution is 7.23. The van der Waals surface area contributed by atoms with Crippen LogP contribution in [0.25, 0.3) is 86.7 Å². The minimum atomic E-state index is 0.661. The Labute approximate surface area is 274 Å². The Morgan fingerprint density at radius 3 is 1.43 bits per heavy atom. The second kappa shape index (κ2) is 11.1. The molecule has 0 saturated heterocycles. The summed E-state index contributed by atoms with van der Waals surface area (Å²) >= 11 is 3.55. The molecule has 6 aromatic carbocycles. The number of aromatic nitrogens is 3. The van der Waals surface area contributed by atoms with E-state index in [-0.39, 0.29) is 0 Å². The highest BCUT2D eigenvalue weighted by atomic mass is 32.1. The van der Waals surface area contributed by atoms with Crippen molar-refractivity contribution in [2.75, 3.05) is 0 Å². The van der Waals surface area contributed by atoms with E-state index in [4.69, 9.17) is 15.0 Å². The van der Waals surface area contributed by atoms with Crippen molar-refractivity contribution in [3.8, 4) is 55.7 Å². The average Bonchev–Trinajstić information content (AvgIpc) is 3.80. The second-order valence-corrected chi connectivity index (χ2v) is 13.3. The largest absolute Gasteiger partial charge is 0.208 e. The topological polar surface area (TPSA) is 38.7 Å². The summed E-state index contributed by atoms with van der Waals surface area (Å²) in [4.78, 5) is 16.2. The normalized spacial score (nSPS) is 11.5. The molecule has 0 atom stereocenters. The van der Waals surface area contributed by atoms with Gasteiger partial charge in [-0.25, -0.2) is 15.0 Å². The van der Waals surface area contributed by atoms with Gasteiger partial charge in [0.1, 0.15) is 0 Å². The third kappa shape index (κ3) is 4.78. The Balaban J connectivity index is 1.18. The Bertz CT molecular complexity index is 2400. The highest BCUT2D eigenvalue weighted by Crippen LogP contribution is 2.40. The van der Waals surface area contributed by atoms with E-state index in [1.54, 1.807) is 22.7 Å². The number of thiophene rings is 2. The van der Waals surface area contributed by atoms with Crippen LogP contribution in [0.5, 0.6) is 0 Å². The average molecular weight is 624 g/mol. The molecule has 9 rings (SSSR count). The molecule has 3 nitrogen and oxygen atoms in total. The molecule has 3 heterocycles. The fraction of sp³-hybridized carbons (Fsp3) is 0. The van der Waals surface area contributed by atoms with Gasteiger partial charge in [-0.05, 0) is 50.5 Å². The number of rotatable bonds is 5. The van der Waals surface area contributed by atoms with Gasteiger partial charge in [-0.15, -0.1) is 22.7 Å². The highest BCUT2D eigenvalue weighted by Gasteiger charge is 2.16. The summed E-state index contributed by atoms with van der Waals surface area (Å²) in [5.74, 6) is 2.01. The van der Waals surface area contributed by atoms with E-state index in [2.05, 4.69) is 139 Å². The van der Waals surface area contributed by atoms with Gasteiger partial charge in [0.05, 0.1) is 4.88 Å². The van der Waals surface area contributed by atoms with Crippen LogP contribution < -0.4 is 0 Å². The molecule has 0 saturated carbocycles. The van der Waals surface area contributed by atoms with Gasteiger partial charge in [0, 0.05) is 31.3 Å². The lowest BCUT2D eigenvalue weighted by Gasteiger charge is -2.09. The molecule has 0 aliphatic heterocycles. The lowest BCUT2D eigenvalue weighted by Crippen LogP contribution is -1.99. The first-order chi connectivity index (χ1) is 22.8. The smallest absolute Gasteiger partial charge is 0.174 e. The monoisotopic (exact) mass is 623 g/mol. The van der Waals surface area contributed by atoms with Gasteiger partial charge in [0.2, 0.25) is 0 Å². The van der Waals surface area contributed by atoms with Crippen LogP contribution in [0.1, 0.15) is 0 Å². The molecule has 9 aromatic rings. The number of benzene rings is 6. The Morgan fingerprint density at radius 1 is 0.370 bits per heavy atom. The van der Waals surface area contributed by atoms with Crippen LogP contribution in [0.15, 0.2) is 151 Å². The van der Waals surface area contributed by atoms with E-state index in [9.17, 15) is 0 Å². The fourth-order valence-corrected chi connectivity index (χ4v) is 8.12. The molecule has 216 valence electrons. The molecule has 0 radical (unpaired) electrons. The molecule has 0 fully saturated rings. The molecular formula is C41H25N3S2. The van der Waals surface area contributed by atoms with Crippen LogP contribution >= 0.6 is 22.7 Å². The van der Waals surface area contributed by atoms with Crippen LogP contribution in [-0.2, 0) is 0 Å². The molecule has 0 unspecified atom stereocenters. The maximum atomic E-state index is 5.07. The van der Waals surface area contributed by atoms with Crippen molar-refractivity contribution < 1.29 is 0 Å². The number of hydrogen-bond acceptors (Lipinski definition) is 5. The van der Waals surface area contributed by atoms with E-state index in [1.165, 1.54) is 42.1 Å². The minimum absolute atomic E-state index is 0.661. The van der Waals surface area contributed by atoms with Gasteiger partial charge in [-0.2, -0.15) is 0 Å². The van der Waals surface area contributed by atoms with Crippen molar-refractivity contribution in [2.45, 2.75) is 0 Å². The van der Waals surface area contributed by atoms with Crippen LogP contribution in [-0.4, -0.2) is 15.0 Å². The summed E-state index contributed by atoms with van der Waals surface area (Å²) in [7, 11) is 0. The Morgan fingerprint density at radius 2 is 0.848 bits per heavy atom. The summed E-state index contributed by atoms with van der Waals surface area (Å²) in [5.41, 5.74) is 6.59. The van der Waals surface area contributed by atoms with E-state index in [1.807, 2.05) is 12.1 Å². The van der Waals surface area contributed by atoms with Gasteiger partial charge in [0.25, 0.3) is 0 Å². The number of hydrogen-bond donors (Lipinski definition) is 0. The molecule has 46 heavy (non-hydrogen) atoms. The summed E-state index contributed by atoms with van der Waals surface area (Å²) in [5, 5.41) is 7.22. The third-order valence-corrected chi connectivity index (χ3v) is 10.6. The van der Waals surface area contributed by atoms with E-state index in [0.717, 1.165) is 27.1 Å². The number of fused-ring (bicyclic) bond motifs is 5. The summed E-state index contributed by atoms with van der Waals surface area (Å²) < 4.78 is 2.59. The van der Waals surface area contributed by atoms with Crippen LogP contribution in [0.2, 0.25) is 0 Å². The molecule has 0 bridgehead atoms. The zero-order chi connectivity index (χ0) is 30.5. The molecule has 0 aliphatic carbocycles. The lowest BCUT2D eigenvalue weighted by atomic mass is 10.0. The summed E-state index contributed by atoms with van der Waals surface area (Å²) in [6, 6.07) is 51.2. The maximum Gasteiger partial charge on any atom is 0.174 e. The first-order valence-electron chi connectivity index (χ1n) is 15.2.